The van der Waals surface area contributed by atoms with Crippen LogP contribution in [0.2, 0.25) is 0 Å². The number of nitrogens with zero attached hydrogens (tertiary/aromatic N) is 3. The van der Waals surface area contributed by atoms with E-state index in [1.54, 1.807) is 18.2 Å². The number of methoxy groups -OCH3 is 1. The molecule has 0 spiro atoms. The van der Waals surface area contributed by atoms with E-state index < -0.39 is 22.8 Å². The molecule has 1 heterocycles. The van der Waals surface area contributed by atoms with E-state index in [2.05, 4.69) is 0 Å². The molecule has 6 nitrogen and oxygen atoms in total. The summed E-state index contributed by atoms with van der Waals surface area (Å²) in [4.78, 5) is 12.3. The van der Waals surface area contributed by atoms with Crippen LogP contribution in [0.25, 0.3) is 22.3 Å². The molecule has 0 radical (unpaired) electrons. The first-order valence-corrected chi connectivity index (χ1v) is 6.70. The van der Waals surface area contributed by atoms with Crippen LogP contribution >= 0.6 is 0 Å². The van der Waals surface area contributed by atoms with Gasteiger partial charge in [0, 0.05) is 16.5 Å². The average Bonchev–Trinajstić information content (AvgIpc) is 2.59. The number of hydrogen-bond donors (Lipinski definition) is 0. The number of rotatable bonds is 2. The van der Waals surface area contributed by atoms with Gasteiger partial charge in [-0.2, -0.15) is 5.26 Å². The highest BCUT2D eigenvalue weighted by atomic mass is 19.2. The van der Waals surface area contributed by atoms with E-state index >= 15 is 0 Å². The Bertz CT molecular complexity index is 1050. The summed E-state index contributed by atoms with van der Waals surface area (Å²) in [6.45, 7) is 0. The van der Waals surface area contributed by atoms with Crippen molar-refractivity contribution in [2.75, 3.05) is 7.11 Å². The van der Waals surface area contributed by atoms with Gasteiger partial charge in [0.15, 0.2) is 17.7 Å². The molecule has 0 atom stereocenters. The minimum Gasteiger partial charge on any atom is -0.805 e. The Morgan fingerprint density at radius 2 is 1.83 bits per heavy atom. The first kappa shape index (κ1) is 15.4. The van der Waals surface area contributed by atoms with Crippen molar-refractivity contribution in [3.8, 4) is 23.1 Å². The third kappa shape index (κ3) is 2.23. The molecule has 0 fully saturated rings. The van der Waals surface area contributed by atoms with E-state index in [0.717, 1.165) is 0 Å². The number of nitriles is 1. The minimum atomic E-state index is -1.28. The minimum absolute atomic E-state index is 0.117. The zero-order chi connectivity index (χ0) is 17.4. The van der Waals surface area contributed by atoms with Gasteiger partial charge >= 0.3 is 5.69 Å². The zero-order valence-electron chi connectivity index (χ0n) is 12.3. The topological polar surface area (TPSA) is 84.0 Å². The normalized spacial score (nSPS) is 10.6. The van der Waals surface area contributed by atoms with Gasteiger partial charge < -0.3 is 14.7 Å². The van der Waals surface area contributed by atoms with Crippen LogP contribution in [0.5, 0.6) is 5.75 Å². The molecule has 0 aliphatic rings. The fraction of sp³-hybridized carbons (Fsp3) is 0.0625. The molecule has 0 N–H and O–H groups in total. The maximum absolute atomic E-state index is 13.5. The molecule has 0 aliphatic heterocycles. The Morgan fingerprint density at radius 3 is 2.42 bits per heavy atom. The third-order valence-electron chi connectivity index (χ3n) is 3.55. The fourth-order valence-corrected chi connectivity index (χ4v) is 2.39. The van der Waals surface area contributed by atoms with Gasteiger partial charge in [-0.25, -0.2) is 8.78 Å². The lowest BCUT2D eigenvalue weighted by Crippen LogP contribution is -2.25. The standard InChI is InChI=1S/C16H9F2N3O3/c1-24-10-4-2-9(3-5-10)16-15(8-19)20(22)13-6-11(17)12(18)7-14(13)21(16)23/h2-7H,1H3. The number of benzene rings is 2. The van der Waals surface area contributed by atoms with E-state index in [1.165, 1.54) is 19.2 Å². The number of ether oxygens (including phenoxy) is 1. The maximum atomic E-state index is 13.5. The van der Waals surface area contributed by atoms with E-state index in [-0.39, 0.29) is 25.9 Å². The van der Waals surface area contributed by atoms with Crippen molar-refractivity contribution in [2.45, 2.75) is 0 Å². The van der Waals surface area contributed by atoms with Gasteiger partial charge in [-0.05, 0) is 24.3 Å². The Morgan fingerprint density at radius 1 is 1.21 bits per heavy atom. The molecular formula is C16H9F2N3O3. The van der Waals surface area contributed by atoms with Crippen LogP contribution in [0.4, 0.5) is 8.78 Å². The predicted octanol–water partition coefficient (Wildman–Crippen LogP) is 2.73. The highest BCUT2D eigenvalue weighted by molar-refractivity contribution is 5.78. The summed E-state index contributed by atoms with van der Waals surface area (Å²) in [5.74, 6) is -2.04. The average molecular weight is 329 g/mol. The zero-order valence-corrected chi connectivity index (χ0v) is 12.3. The van der Waals surface area contributed by atoms with Crippen molar-refractivity contribution < 1.29 is 17.9 Å². The van der Waals surface area contributed by atoms with Crippen LogP contribution in [0, 0.1) is 33.1 Å². The quantitative estimate of drug-likeness (QED) is 0.677. The van der Waals surface area contributed by atoms with Gasteiger partial charge in [0.05, 0.1) is 17.6 Å². The molecule has 0 unspecified atom stereocenters. The summed E-state index contributed by atoms with van der Waals surface area (Å²) >= 11 is 0. The summed E-state index contributed by atoms with van der Waals surface area (Å²) in [5, 5.41) is 21.8. The summed E-state index contributed by atoms with van der Waals surface area (Å²) < 4.78 is 32.2. The molecule has 0 aliphatic carbocycles. The summed E-state index contributed by atoms with van der Waals surface area (Å²) in [6, 6.07) is 8.90. The van der Waals surface area contributed by atoms with Gasteiger partial charge in [0.25, 0.3) is 5.52 Å². The van der Waals surface area contributed by atoms with Crippen LogP contribution in [0.1, 0.15) is 5.69 Å². The van der Waals surface area contributed by atoms with E-state index in [4.69, 9.17) is 4.74 Å². The number of halogens is 2. The molecule has 2 aromatic carbocycles. The van der Waals surface area contributed by atoms with E-state index in [0.29, 0.717) is 17.9 Å². The van der Waals surface area contributed by atoms with E-state index in [9.17, 15) is 24.2 Å². The smallest absolute Gasteiger partial charge is 0.363 e. The van der Waals surface area contributed by atoms with Gasteiger partial charge in [-0.1, -0.05) is 0 Å². The van der Waals surface area contributed by atoms with Crippen LogP contribution < -0.4 is 9.16 Å². The molecule has 0 saturated carbocycles. The van der Waals surface area contributed by atoms with Crippen LogP contribution in [0.3, 0.4) is 0 Å². The lowest BCUT2D eigenvalue weighted by Gasteiger charge is -2.18. The van der Waals surface area contributed by atoms with Crippen molar-refractivity contribution in [3.05, 3.63) is 63.8 Å². The number of hydrogen-bond acceptors (Lipinski definition) is 4. The molecule has 0 saturated heterocycles. The molecule has 0 amide bonds. The second kappa shape index (κ2) is 5.62. The highest BCUT2D eigenvalue weighted by Crippen LogP contribution is 2.27. The van der Waals surface area contributed by atoms with Gasteiger partial charge in [0.2, 0.25) is 0 Å². The van der Waals surface area contributed by atoms with Crippen LogP contribution in [-0.2, 0) is 0 Å². The summed E-state index contributed by atoms with van der Waals surface area (Å²) in [7, 11) is 1.46. The molecule has 8 heteroatoms. The van der Waals surface area contributed by atoms with Crippen molar-refractivity contribution in [3.63, 3.8) is 0 Å². The van der Waals surface area contributed by atoms with Gasteiger partial charge in [0.1, 0.15) is 17.0 Å². The fourth-order valence-electron chi connectivity index (χ4n) is 2.39. The number of aromatic nitrogens is 2. The summed E-state index contributed by atoms with van der Waals surface area (Å²) in [6.07, 6.45) is 0. The van der Waals surface area contributed by atoms with E-state index in [1.807, 2.05) is 0 Å². The monoisotopic (exact) mass is 329 g/mol. The second-order valence-electron chi connectivity index (χ2n) is 4.88. The highest BCUT2D eigenvalue weighted by Gasteiger charge is 2.25. The second-order valence-corrected chi connectivity index (χ2v) is 4.88. The Kier molecular flexibility index (Phi) is 3.62. The van der Waals surface area contributed by atoms with Crippen LogP contribution in [-0.4, -0.2) is 11.8 Å². The Labute approximate surface area is 133 Å². The predicted molar refractivity (Wildman–Crippen MR) is 80.7 cm³/mol. The lowest BCUT2D eigenvalue weighted by molar-refractivity contribution is -0.467. The SMILES string of the molecule is COc1ccc(-c2c(C#N)[n+](=O)c3cc(F)c(F)cc3n2[O-])cc1. The molecule has 3 aromatic rings. The molecular weight excluding hydrogens is 320 g/mol. The lowest BCUT2D eigenvalue weighted by atomic mass is 10.1. The van der Waals surface area contributed by atoms with Gasteiger partial charge in [-0.15, -0.1) is 0 Å². The van der Waals surface area contributed by atoms with Crippen molar-refractivity contribution in [1.29, 1.82) is 5.26 Å². The summed E-state index contributed by atoms with van der Waals surface area (Å²) in [5.41, 5.74) is -1.33. The maximum Gasteiger partial charge on any atom is 0.363 e. The molecule has 1 aromatic heterocycles. The number of fused-ring (bicyclic) bond motifs is 1. The first-order valence-electron chi connectivity index (χ1n) is 6.70. The van der Waals surface area contributed by atoms with Gasteiger partial charge in [-0.3, -0.25) is 0 Å². The van der Waals surface area contributed by atoms with Crippen molar-refractivity contribution in [1.82, 2.24) is 4.73 Å². The molecule has 24 heavy (non-hydrogen) atoms. The first-order chi connectivity index (χ1) is 11.5. The largest absolute Gasteiger partial charge is 0.805 e. The van der Waals surface area contributed by atoms with Crippen LogP contribution in [0.15, 0.2) is 36.4 Å². The molecule has 3 rings (SSSR count). The molecule has 0 bridgehead atoms. The Balaban J connectivity index is 2.43. The van der Waals surface area contributed by atoms with Crippen molar-refractivity contribution in [2.24, 2.45) is 0 Å². The molecule has 120 valence electrons. The third-order valence-corrected chi connectivity index (χ3v) is 3.55. The Hall–Kier alpha value is -3.47. The van der Waals surface area contributed by atoms with Crippen molar-refractivity contribution >= 4 is 11.0 Å².